The van der Waals surface area contributed by atoms with Gasteiger partial charge in [0.2, 0.25) is 0 Å². The van der Waals surface area contributed by atoms with Gasteiger partial charge < -0.3 is 4.74 Å². The molecule has 3 heterocycles. The van der Waals surface area contributed by atoms with Gasteiger partial charge in [-0.05, 0) is 34.1 Å². The van der Waals surface area contributed by atoms with Gasteiger partial charge in [0.15, 0.2) is 27.9 Å². The summed E-state index contributed by atoms with van der Waals surface area (Å²) >= 11 is 3.14. The van der Waals surface area contributed by atoms with Crippen LogP contribution < -0.4 is 10.4 Å². The second kappa shape index (κ2) is 7.20. The Balaban J connectivity index is 2.13. The topological polar surface area (TPSA) is 95.6 Å². The summed E-state index contributed by atoms with van der Waals surface area (Å²) < 4.78 is 68.4. The number of sulfone groups is 1. The minimum Gasteiger partial charge on any atom is -0.483 e. The zero-order chi connectivity index (χ0) is 20.7. The van der Waals surface area contributed by atoms with Crippen LogP contribution in [0.15, 0.2) is 44.8 Å². The number of nitrogens with zero attached hydrogens (tertiary/aromatic N) is 4. The average molecular weight is 481 g/mol. The van der Waals surface area contributed by atoms with Crippen molar-refractivity contribution in [1.29, 1.82) is 0 Å². The first-order valence-electron chi connectivity index (χ1n) is 7.71. The molecule has 0 N–H and O–H groups in total. The molecule has 0 aliphatic rings. The van der Waals surface area contributed by atoms with Crippen LogP contribution in [0.4, 0.5) is 13.2 Å². The molecule has 28 heavy (non-hydrogen) atoms. The molecule has 0 aliphatic heterocycles. The third-order valence-corrected chi connectivity index (χ3v) is 5.77. The number of hydrogen-bond donors (Lipinski definition) is 0. The van der Waals surface area contributed by atoms with Crippen molar-refractivity contribution in [3.8, 4) is 11.6 Å². The van der Waals surface area contributed by atoms with Gasteiger partial charge in [0.1, 0.15) is 10.6 Å². The summed E-state index contributed by atoms with van der Waals surface area (Å²) in [5.74, 6) is -0.636. The minimum absolute atomic E-state index is 0.0777. The maximum atomic E-state index is 12.7. The maximum Gasteiger partial charge on any atom is 0.422 e. The molecular weight excluding hydrogens is 469 g/mol. The number of aromatic nitrogens is 4. The summed E-state index contributed by atoms with van der Waals surface area (Å²) in [6.07, 6.45) is -2.19. The highest BCUT2D eigenvalue weighted by molar-refractivity contribution is 9.10. The van der Waals surface area contributed by atoms with E-state index in [0.717, 1.165) is 15.3 Å². The van der Waals surface area contributed by atoms with E-state index in [4.69, 9.17) is 0 Å². The molecule has 150 valence electrons. The normalized spacial score (nSPS) is 12.5. The predicted molar refractivity (Wildman–Crippen MR) is 95.6 cm³/mol. The summed E-state index contributed by atoms with van der Waals surface area (Å²) in [6.45, 7) is -0.0781. The number of halogens is 4. The van der Waals surface area contributed by atoms with E-state index in [1.807, 2.05) is 0 Å². The van der Waals surface area contributed by atoms with Crippen LogP contribution >= 0.6 is 15.9 Å². The molecule has 0 aliphatic carbocycles. The summed E-state index contributed by atoms with van der Waals surface area (Å²) in [5, 5.41) is 4.02. The van der Waals surface area contributed by atoms with Crippen molar-refractivity contribution in [2.45, 2.75) is 18.0 Å². The van der Waals surface area contributed by atoms with Gasteiger partial charge in [-0.15, -0.1) is 5.10 Å². The van der Waals surface area contributed by atoms with Gasteiger partial charge in [-0.1, -0.05) is 6.92 Å². The van der Waals surface area contributed by atoms with Crippen molar-refractivity contribution < 1.29 is 26.3 Å². The van der Waals surface area contributed by atoms with Gasteiger partial charge in [0, 0.05) is 10.7 Å². The highest BCUT2D eigenvalue weighted by Crippen LogP contribution is 2.23. The molecule has 0 bridgehead atoms. The largest absolute Gasteiger partial charge is 0.483 e. The Bertz CT molecular complexity index is 1200. The maximum absolute atomic E-state index is 12.7. The molecule has 0 aromatic carbocycles. The van der Waals surface area contributed by atoms with Crippen molar-refractivity contribution in [3.63, 3.8) is 0 Å². The molecule has 0 saturated heterocycles. The van der Waals surface area contributed by atoms with Crippen molar-refractivity contribution in [2.24, 2.45) is 0 Å². The highest BCUT2D eigenvalue weighted by atomic mass is 79.9. The lowest BCUT2D eigenvalue weighted by Crippen LogP contribution is -2.23. The summed E-state index contributed by atoms with van der Waals surface area (Å²) in [4.78, 5) is 16.5. The molecule has 0 radical (unpaired) electrons. The first kappa shape index (κ1) is 20.3. The van der Waals surface area contributed by atoms with E-state index < -0.39 is 28.3 Å². The van der Waals surface area contributed by atoms with Crippen LogP contribution in [-0.4, -0.2) is 46.1 Å². The third kappa shape index (κ3) is 4.04. The minimum atomic E-state index is -4.53. The molecule has 0 unspecified atom stereocenters. The van der Waals surface area contributed by atoms with Gasteiger partial charge in [-0.2, -0.15) is 17.9 Å². The lowest BCUT2D eigenvalue weighted by molar-refractivity contribution is -0.153. The first-order valence-corrected chi connectivity index (χ1v) is 10.2. The molecule has 0 amide bonds. The van der Waals surface area contributed by atoms with E-state index in [2.05, 4.69) is 30.7 Å². The van der Waals surface area contributed by atoms with Crippen LogP contribution in [0, 0.1) is 0 Å². The quantitative estimate of drug-likeness (QED) is 0.556. The molecule has 0 fully saturated rings. The summed E-state index contributed by atoms with van der Waals surface area (Å²) in [6, 6.07) is 3.79. The Labute approximate surface area is 164 Å². The summed E-state index contributed by atoms with van der Waals surface area (Å²) in [5.41, 5.74) is -0.733. The lowest BCUT2D eigenvalue weighted by atomic mass is 10.4. The van der Waals surface area contributed by atoms with Crippen LogP contribution in [0.5, 0.6) is 5.75 Å². The highest BCUT2D eigenvalue weighted by Gasteiger charge is 2.28. The fourth-order valence-corrected chi connectivity index (χ4v) is 3.82. The van der Waals surface area contributed by atoms with Crippen molar-refractivity contribution >= 4 is 31.4 Å². The van der Waals surface area contributed by atoms with Gasteiger partial charge >= 0.3 is 11.9 Å². The monoisotopic (exact) mass is 480 g/mol. The molecule has 3 rings (SSSR count). The number of alkyl halides is 3. The van der Waals surface area contributed by atoms with Gasteiger partial charge in [-0.3, -0.25) is 0 Å². The van der Waals surface area contributed by atoms with E-state index in [9.17, 15) is 26.4 Å². The summed E-state index contributed by atoms with van der Waals surface area (Å²) in [7, 11) is -3.74. The van der Waals surface area contributed by atoms with E-state index in [1.165, 1.54) is 31.3 Å². The SMILES string of the molecule is CCS(=O)(=O)c1cc(Br)cnc1-n1nc2ccc(OCC(F)(F)F)cn2c1=O. The second-order valence-electron chi connectivity index (χ2n) is 5.57. The number of hydrogen-bond acceptors (Lipinski definition) is 6. The Kier molecular flexibility index (Phi) is 5.23. The Morgan fingerprint density at radius 2 is 2.00 bits per heavy atom. The molecule has 0 saturated carbocycles. The van der Waals surface area contributed by atoms with E-state index in [1.54, 1.807) is 0 Å². The van der Waals surface area contributed by atoms with Gasteiger partial charge in [-0.25, -0.2) is 22.6 Å². The molecule has 0 spiro atoms. The molecule has 13 heteroatoms. The Hall–Kier alpha value is -2.41. The molecule has 3 aromatic rings. The molecule has 8 nitrogen and oxygen atoms in total. The van der Waals surface area contributed by atoms with Crippen LogP contribution in [0.1, 0.15) is 6.92 Å². The van der Waals surface area contributed by atoms with Crippen LogP contribution in [0.2, 0.25) is 0 Å². The fraction of sp³-hybridized carbons (Fsp3) is 0.267. The number of fused-ring (bicyclic) bond motifs is 1. The Morgan fingerprint density at radius 1 is 1.29 bits per heavy atom. The van der Waals surface area contributed by atoms with Crippen LogP contribution in [-0.2, 0) is 9.84 Å². The standard InChI is InChI=1S/C15H12BrF3N4O4S/c1-2-28(25,26)11-5-9(16)6-20-13(11)23-14(24)22-7-10(3-4-12(22)21-23)27-8-15(17,18)19/h3-7H,2,8H2,1H3. The number of ether oxygens (including phenoxy) is 1. The van der Waals surface area contributed by atoms with E-state index in [-0.39, 0.29) is 27.9 Å². The number of pyridine rings is 2. The van der Waals surface area contributed by atoms with Crippen LogP contribution in [0.3, 0.4) is 0 Å². The van der Waals surface area contributed by atoms with Crippen molar-refractivity contribution in [1.82, 2.24) is 19.2 Å². The third-order valence-electron chi connectivity index (χ3n) is 3.61. The fourth-order valence-electron chi connectivity index (χ4n) is 2.30. The molecular formula is C15H12BrF3N4O4S. The molecule has 3 aromatic heterocycles. The predicted octanol–water partition coefficient (Wildman–Crippen LogP) is 2.38. The van der Waals surface area contributed by atoms with Gasteiger partial charge in [0.05, 0.1) is 11.9 Å². The Morgan fingerprint density at radius 3 is 2.64 bits per heavy atom. The van der Waals surface area contributed by atoms with Crippen molar-refractivity contribution in [2.75, 3.05) is 12.4 Å². The van der Waals surface area contributed by atoms with E-state index >= 15 is 0 Å². The van der Waals surface area contributed by atoms with Gasteiger partial charge in [0.25, 0.3) is 0 Å². The smallest absolute Gasteiger partial charge is 0.422 e. The van der Waals surface area contributed by atoms with E-state index in [0.29, 0.717) is 4.47 Å². The molecule has 0 atom stereocenters. The zero-order valence-electron chi connectivity index (χ0n) is 14.1. The van der Waals surface area contributed by atoms with Crippen molar-refractivity contribution in [3.05, 3.63) is 45.5 Å². The lowest BCUT2D eigenvalue weighted by Gasteiger charge is -2.08. The zero-order valence-corrected chi connectivity index (χ0v) is 16.5. The van der Waals surface area contributed by atoms with Crippen LogP contribution in [0.25, 0.3) is 11.5 Å². The first-order chi connectivity index (χ1) is 13.0. The second-order valence-corrected chi connectivity index (χ2v) is 8.73. The number of rotatable bonds is 5. The average Bonchev–Trinajstić information content (AvgIpc) is 2.95.